The van der Waals surface area contributed by atoms with Gasteiger partial charge in [-0.1, -0.05) is 30.3 Å². The van der Waals surface area contributed by atoms with Gasteiger partial charge < -0.3 is 10.1 Å². The van der Waals surface area contributed by atoms with Gasteiger partial charge in [0.1, 0.15) is 11.8 Å². The normalized spacial score (nSPS) is 17.1. The molecule has 25 heavy (non-hydrogen) atoms. The molecule has 1 fully saturated rings. The van der Waals surface area contributed by atoms with Crippen LogP contribution in [0.5, 0.6) is 5.75 Å². The molecule has 0 radical (unpaired) electrons. The van der Waals surface area contributed by atoms with Crippen molar-refractivity contribution >= 4 is 28.9 Å². The molecule has 7 heteroatoms. The Morgan fingerprint density at radius 1 is 1.24 bits per heavy atom. The Hall–Kier alpha value is -2.54. The van der Waals surface area contributed by atoms with Crippen LogP contribution >= 0.6 is 12.2 Å². The summed E-state index contributed by atoms with van der Waals surface area (Å²) >= 11 is 5.20. The number of rotatable bonds is 5. The average Bonchev–Trinajstić information content (AvgIpc) is 2.82. The lowest BCUT2D eigenvalue weighted by molar-refractivity contribution is -0.117. The molecule has 1 amide bonds. The molecule has 1 atom stereocenters. The first-order valence-electron chi connectivity index (χ1n) is 7.72. The quantitative estimate of drug-likeness (QED) is 0.827. The highest BCUT2D eigenvalue weighted by atomic mass is 32.1. The molecule has 1 heterocycles. The van der Waals surface area contributed by atoms with Gasteiger partial charge >= 0.3 is 6.61 Å². The zero-order valence-electron chi connectivity index (χ0n) is 13.4. The van der Waals surface area contributed by atoms with Crippen molar-refractivity contribution in [2.45, 2.75) is 26.0 Å². The van der Waals surface area contributed by atoms with E-state index in [0.717, 1.165) is 5.56 Å². The molecule has 4 nitrogen and oxygen atoms in total. The highest BCUT2D eigenvalue weighted by molar-refractivity contribution is 7.80. The minimum absolute atomic E-state index is 0.0844. The number of carbonyl (C=O) groups is 1. The minimum atomic E-state index is -2.92. The minimum Gasteiger partial charge on any atom is -0.435 e. The first kappa shape index (κ1) is 17.3. The van der Waals surface area contributed by atoms with Crippen LogP contribution in [0.1, 0.15) is 18.1 Å². The molecule has 0 spiro atoms. The molecule has 3 rings (SSSR count). The van der Waals surface area contributed by atoms with Crippen molar-refractivity contribution in [3.8, 4) is 5.75 Å². The Morgan fingerprint density at radius 3 is 2.56 bits per heavy atom. The molecule has 0 bridgehead atoms. The Balaban J connectivity index is 1.98. The zero-order chi connectivity index (χ0) is 18.0. The lowest BCUT2D eigenvalue weighted by Crippen LogP contribution is -2.30. The molecular weight excluding hydrogens is 346 g/mol. The maximum absolute atomic E-state index is 12.7. The molecule has 1 aliphatic heterocycles. The van der Waals surface area contributed by atoms with Crippen molar-refractivity contribution in [3.63, 3.8) is 0 Å². The number of ether oxygens (including phenoxy) is 1. The molecule has 1 N–H and O–H groups in total. The van der Waals surface area contributed by atoms with Crippen molar-refractivity contribution in [2.24, 2.45) is 0 Å². The molecule has 0 saturated carbocycles. The SMILES string of the molecule is C[C@H]1NC(=S)N(c2ccc(OC(F)F)c(Cc3ccccc3)c2)C1=O. The fourth-order valence-electron chi connectivity index (χ4n) is 2.72. The third kappa shape index (κ3) is 3.76. The predicted octanol–water partition coefficient (Wildman–Crippen LogP) is 3.49. The zero-order valence-corrected chi connectivity index (χ0v) is 14.2. The first-order valence-corrected chi connectivity index (χ1v) is 8.12. The second-order valence-corrected chi connectivity index (χ2v) is 6.06. The third-order valence-electron chi connectivity index (χ3n) is 3.89. The van der Waals surface area contributed by atoms with Gasteiger partial charge in [0.05, 0.1) is 5.69 Å². The molecule has 2 aromatic rings. The van der Waals surface area contributed by atoms with Crippen LogP contribution < -0.4 is 15.0 Å². The number of thiocarbonyl (C=S) groups is 1. The van der Waals surface area contributed by atoms with Gasteiger partial charge in [-0.3, -0.25) is 9.69 Å². The Labute approximate surface area is 149 Å². The van der Waals surface area contributed by atoms with Crippen molar-refractivity contribution in [3.05, 3.63) is 59.7 Å². The lowest BCUT2D eigenvalue weighted by atomic mass is 10.0. The number of benzene rings is 2. The van der Waals surface area contributed by atoms with Crippen LogP contribution in [0, 0.1) is 0 Å². The second kappa shape index (κ2) is 7.14. The Bertz CT molecular complexity index is 799. The monoisotopic (exact) mass is 362 g/mol. The number of alkyl halides is 2. The lowest BCUT2D eigenvalue weighted by Gasteiger charge is -2.18. The maximum atomic E-state index is 12.7. The van der Waals surface area contributed by atoms with Gasteiger partial charge in [0, 0.05) is 12.0 Å². The number of anilines is 1. The number of halogens is 2. The van der Waals surface area contributed by atoms with Crippen LogP contribution in [0.2, 0.25) is 0 Å². The van der Waals surface area contributed by atoms with E-state index >= 15 is 0 Å². The fraction of sp³-hybridized carbons (Fsp3) is 0.222. The van der Waals surface area contributed by atoms with E-state index < -0.39 is 12.7 Å². The van der Waals surface area contributed by atoms with Gasteiger partial charge in [0.15, 0.2) is 5.11 Å². The van der Waals surface area contributed by atoms with E-state index in [1.807, 2.05) is 30.3 Å². The summed E-state index contributed by atoms with van der Waals surface area (Å²) < 4.78 is 30.0. The summed E-state index contributed by atoms with van der Waals surface area (Å²) in [5.41, 5.74) is 2.03. The van der Waals surface area contributed by atoms with Crippen LogP contribution in [0.3, 0.4) is 0 Å². The molecule has 130 valence electrons. The number of carbonyl (C=O) groups excluding carboxylic acids is 1. The van der Waals surface area contributed by atoms with E-state index in [1.165, 1.54) is 11.0 Å². The molecular formula is C18H16F2N2O2S. The summed E-state index contributed by atoms with van der Waals surface area (Å²) in [7, 11) is 0. The largest absolute Gasteiger partial charge is 0.435 e. The molecule has 2 aromatic carbocycles. The van der Waals surface area contributed by atoms with Gasteiger partial charge in [-0.15, -0.1) is 0 Å². The summed E-state index contributed by atoms with van der Waals surface area (Å²) in [5, 5.41) is 3.18. The Kier molecular flexibility index (Phi) is 4.94. The van der Waals surface area contributed by atoms with Crippen LogP contribution in [0.4, 0.5) is 14.5 Å². The summed E-state index contributed by atoms with van der Waals surface area (Å²) in [6, 6.07) is 13.7. The summed E-state index contributed by atoms with van der Waals surface area (Å²) in [5.74, 6) is -0.0978. The number of amides is 1. The van der Waals surface area contributed by atoms with Crippen LogP contribution in [-0.2, 0) is 11.2 Å². The molecule has 0 unspecified atom stereocenters. The maximum Gasteiger partial charge on any atom is 0.387 e. The Morgan fingerprint density at radius 2 is 1.96 bits per heavy atom. The van der Waals surface area contributed by atoms with E-state index in [4.69, 9.17) is 12.2 Å². The van der Waals surface area contributed by atoms with E-state index in [-0.39, 0.29) is 11.7 Å². The third-order valence-corrected chi connectivity index (χ3v) is 4.19. The van der Waals surface area contributed by atoms with Gasteiger partial charge in [0.2, 0.25) is 0 Å². The second-order valence-electron chi connectivity index (χ2n) is 5.68. The van der Waals surface area contributed by atoms with Crippen molar-refractivity contribution in [2.75, 3.05) is 4.90 Å². The summed E-state index contributed by atoms with van der Waals surface area (Å²) in [4.78, 5) is 13.6. The highest BCUT2D eigenvalue weighted by Gasteiger charge is 2.33. The highest BCUT2D eigenvalue weighted by Crippen LogP contribution is 2.30. The van der Waals surface area contributed by atoms with Crippen molar-refractivity contribution < 1.29 is 18.3 Å². The summed E-state index contributed by atoms with van der Waals surface area (Å²) in [6.07, 6.45) is 0.397. The van der Waals surface area contributed by atoms with Gasteiger partial charge in [0.25, 0.3) is 5.91 Å². The number of hydrogen-bond donors (Lipinski definition) is 1. The molecule has 1 aliphatic rings. The average molecular weight is 362 g/mol. The van der Waals surface area contributed by atoms with Gasteiger partial charge in [-0.25, -0.2) is 0 Å². The van der Waals surface area contributed by atoms with E-state index in [1.54, 1.807) is 19.1 Å². The van der Waals surface area contributed by atoms with Crippen LogP contribution in [0.15, 0.2) is 48.5 Å². The molecule has 0 aliphatic carbocycles. The predicted molar refractivity (Wildman–Crippen MR) is 95.0 cm³/mol. The first-order chi connectivity index (χ1) is 12.0. The fourth-order valence-corrected chi connectivity index (χ4v) is 3.09. The summed E-state index contributed by atoms with van der Waals surface area (Å²) in [6.45, 7) is -1.20. The van der Waals surface area contributed by atoms with Crippen LogP contribution in [0.25, 0.3) is 0 Å². The van der Waals surface area contributed by atoms with Gasteiger partial charge in [-0.05, 0) is 42.9 Å². The standard InChI is InChI=1S/C18H16F2N2O2S/c1-11-16(23)22(18(25)21-11)14-7-8-15(24-17(19)20)13(10-14)9-12-5-3-2-4-6-12/h2-8,10-11,17H,9H2,1H3,(H,21,25)/t11-/m1/s1. The topological polar surface area (TPSA) is 41.6 Å². The smallest absolute Gasteiger partial charge is 0.387 e. The van der Waals surface area contributed by atoms with Crippen molar-refractivity contribution in [1.29, 1.82) is 0 Å². The van der Waals surface area contributed by atoms with Crippen LogP contribution in [-0.4, -0.2) is 23.7 Å². The van der Waals surface area contributed by atoms with Gasteiger partial charge in [-0.2, -0.15) is 8.78 Å². The van der Waals surface area contributed by atoms with E-state index in [9.17, 15) is 13.6 Å². The number of nitrogens with zero attached hydrogens (tertiary/aromatic N) is 1. The molecule has 1 saturated heterocycles. The molecule has 0 aromatic heterocycles. The van der Waals surface area contributed by atoms with E-state index in [2.05, 4.69) is 10.1 Å². The number of hydrogen-bond acceptors (Lipinski definition) is 3. The number of nitrogens with one attached hydrogen (secondary N) is 1. The van der Waals surface area contributed by atoms with Crippen molar-refractivity contribution in [1.82, 2.24) is 5.32 Å². The van der Waals surface area contributed by atoms with E-state index in [0.29, 0.717) is 22.8 Å².